The SMILES string of the molecule is COc1ccc(C)cc1CCNCC1CCCCC1. The molecule has 0 radical (unpaired) electrons. The predicted molar refractivity (Wildman–Crippen MR) is 80.9 cm³/mol. The van der Waals surface area contributed by atoms with Crippen LogP contribution < -0.4 is 10.1 Å². The van der Waals surface area contributed by atoms with Crippen LogP contribution in [-0.2, 0) is 6.42 Å². The van der Waals surface area contributed by atoms with Crippen LogP contribution in [0.3, 0.4) is 0 Å². The third kappa shape index (κ3) is 4.54. The summed E-state index contributed by atoms with van der Waals surface area (Å²) in [6.07, 6.45) is 8.19. The Morgan fingerprint density at radius 3 is 2.74 bits per heavy atom. The monoisotopic (exact) mass is 261 g/mol. The van der Waals surface area contributed by atoms with E-state index in [0.29, 0.717) is 0 Å². The predicted octanol–water partition coefficient (Wildman–Crippen LogP) is 3.72. The van der Waals surface area contributed by atoms with Gasteiger partial charge in [0.25, 0.3) is 0 Å². The maximum Gasteiger partial charge on any atom is 0.122 e. The molecule has 0 unspecified atom stereocenters. The van der Waals surface area contributed by atoms with E-state index in [9.17, 15) is 0 Å². The molecule has 0 amide bonds. The van der Waals surface area contributed by atoms with Gasteiger partial charge in [-0.3, -0.25) is 0 Å². The Morgan fingerprint density at radius 1 is 1.21 bits per heavy atom. The molecule has 0 heterocycles. The Hall–Kier alpha value is -1.02. The van der Waals surface area contributed by atoms with Crippen molar-refractivity contribution in [3.05, 3.63) is 29.3 Å². The molecule has 0 spiro atoms. The van der Waals surface area contributed by atoms with Crippen molar-refractivity contribution in [3.8, 4) is 5.75 Å². The zero-order valence-corrected chi connectivity index (χ0v) is 12.4. The van der Waals surface area contributed by atoms with Crippen molar-refractivity contribution >= 4 is 0 Å². The molecule has 1 N–H and O–H groups in total. The first-order valence-electron chi connectivity index (χ1n) is 7.64. The summed E-state index contributed by atoms with van der Waals surface area (Å²) >= 11 is 0. The third-order valence-electron chi connectivity index (χ3n) is 4.16. The molecule has 1 fully saturated rings. The molecule has 0 bridgehead atoms. The van der Waals surface area contributed by atoms with Crippen LogP contribution in [0.25, 0.3) is 0 Å². The van der Waals surface area contributed by atoms with Crippen molar-refractivity contribution < 1.29 is 4.74 Å². The second kappa shape index (κ2) is 7.54. The van der Waals surface area contributed by atoms with Crippen molar-refractivity contribution in [2.24, 2.45) is 5.92 Å². The quantitative estimate of drug-likeness (QED) is 0.788. The van der Waals surface area contributed by atoms with E-state index >= 15 is 0 Å². The van der Waals surface area contributed by atoms with Crippen molar-refractivity contribution in [3.63, 3.8) is 0 Å². The van der Waals surface area contributed by atoms with E-state index in [2.05, 4.69) is 30.4 Å². The highest BCUT2D eigenvalue weighted by atomic mass is 16.5. The molecule has 0 saturated heterocycles. The van der Waals surface area contributed by atoms with Gasteiger partial charge >= 0.3 is 0 Å². The van der Waals surface area contributed by atoms with Gasteiger partial charge in [-0.2, -0.15) is 0 Å². The highest BCUT2D eigenvalue weighted by Gasteiger charge is 2.12. The smallest absolute Gasteiger partial charge is 0.122 e. The molecule has 1 aromatic rings. The van der Waals surface area contributed by atoms with Crippen LogP contribution in [0, 0.1) is 12.8 Å². The van der Waals surface area contributed by atoms with E-state index in [4.69, 9.17) is 4.74 Å². The Balaban J connectivity index is 1.74. The molecule has 0 aromatic heterocycles. The molecule has 2 nitrogen and oxygen atoms in total. The first-order chi connectivity index (χ1) is 9.29. The number of ether oxygens (including phenoxy) is 1. The zero-order valence-electron chi connectivity index (χ0n) is 12.4. The molecule has 2 rings (SSSR count). The van der Waals surface area contributed by atoms with Gasteiger partial charge in [-0.15, -0.1) is 0 Å². The molecular formula is C17H27NO. The lowest BCUT2D eigenvalue weighted by atomic mass is 9.89. The lowest BCUT2D eigenvalue weighted by Crippen LogP contribution is -2.26. The Labute approximate surface area is 117 Å². The molecule has 0 atom stereocenters. The highest BCUT2D eigenvalue weighted by Crippen LogP contribution is 2.23. The number of hydrogen-bond donors (Lipinski definition) is 1. The van der Waals surface area contributed by atoms with Gasteiger partial charge in [0, 0.05) is 0 Å². The second-order valence-corrected chi connectivity index (χ2v) is 5.77. The van der Waals surface area contributed by atoms with Crippen LogP contribution in [0.4, 0.5) is 0 Å². The second-order valence-electron chi connectivity index (χ2n) is 5.77. The fraction of sp³-hybridized carbons (Fsp3) is 0.647. The standard InChI is InChI=1S/C17H27NO/c1-14-8-9-17(19-2)16(12-14)10-11-18-13-15-6-4-3-5-7-15/h8-9,12,15,18H,3-7,10-11,13H2,1-2H3. The lowest BCUT2D eigenvalue weighted by Gasteiger charge is -2.21. The minimum atomic E-state index is 0.910. The third-order valence-corrected chi connectivity index (χ3v) is 4.16. The van der Waals surface area contributed by atoms with Crippen LogP contribution in [-0.4, -0.2) is 20.2 Å². The Bertz CT molecular complexity index is 383. The van der Waals surface area contributed by atoms with Crippen molar-refractivity contribution in [1.82, 2.24) is 5.32 Å². The summed E-state index contributed by atoms with van der Waals surface area (Å²) in [6, 6.07) is 6.42. The first-order valence-corrected chi connectivity index (χ1v) is 7.64. The van der Waals surface area contributed by atoms with Gasteiger partial charge in [-0.05, 0) is 56.8 Å². The largest absolute Gasteiger partial charge is 0.496 e. The van der Waals surface area contributed by atoms with Crippen LogP contribution in [0.15, 0.2) is 18.2 Å². The summed E-state index contributed by atoms with van der Waals surface area (Å²) in [4.78, 5) is 0. The topological polar surface area (TPSA) is 21.3 Å². The summed E-state index contributed by atoms with van der Waals surface area (Å²) in [5.74, 6) is 1.93. The average Bonchev–Trinajstić information content (AvgIpc) is 2.45. The minimum Gasteiger partial charge on any atom is -0.496 e. The number of aryl methyl sites for hydroxylation is 1. The van der Waals surface area contributed by atoms with Crippen LogP contribution in [0.1, 0.15) is 43.2 Å². The van der Waals surface area contributed by atoms with E-state index in [1.54, 1.807) is 7.11 Å². The van der Waals surface area contributed by atoms with E-state index in [0.717, 1.165) is 24.6 Å². The minimum absolute atomic E-state index is 0.910. The van der Waals surface area contributed by atoms with Gasteiger partial charge in [0.2, 0.25) is 0 Å². The molecule has 1 aliphatic rings. The number of benzene rings is 1. The fourth-order valence-electron chi connectivity index (χ4n) is 3.02. The summed E-state index contributed by atoms with van der Waals surface area (Å²) in [5, 5.41) is 3.62. The summed E-state index contributed by atoms with van der Waals surface area (Å²) < 4.78 is 5.42. The first kappa shape index (κ1) is 14.4. The van der Waals surface area contributed by atoms with Gasteiger partial charge in [0.05, 0.1) is 7.11 Å². The summed E-state index contributed by atoms with van der Waals surface area (Å²) in [6.45, 7) is 4.38. The molecule has 2 heteroatoms. The van der Waals surface area contributed by atoms with Crippen molar-refractivity contribution in [2.75, 3.05) is 20.2 Å². The van der Waals surface area contributed by atoms with E-state index < -0.39 is 0 Å². The normalized spacial score (nSPS) is 16.5. The van der Waals surface area contributed by atoms with Gasteiger partial charge in [0.15, 0.2) is 0 Å². The summed E-state index contributed by atoms with van der Waals surface area (Å²) in [5.41, 5.74) is 2.63. The summed E-state index contributed by atoms with van der Waals surface area (Å²) in [7, 11) is 1.75. The molecule has 1 saturated carbocycles. The van der Waals surface area contributed by atoms with Crippen molar-refractivity contribution in [2.45, 2.75) is 45.4 Å². The van der Waals surface area contributed by atoms with E-state index in [1.807, 2.05) is 0 Å². The fourth-order valence-corrected chi connectivity index (χ4v) is 3.02. The lowest BCUT2D eigenvalue weighted by molar-refractivity contribution is 0.343. The van der Waals surface area contributed by atoms with Crippen molar-refractivity contribution in [1.29, 1.82) is 0 Å². The molecule has 19 heavy (non-hydrogen) atoms. The highest BCUT2D eigenvalue weighted by molar-refractivity contribution is 5.37. The maximum atomic E-state index is 5.42. The van der Waals surface area contributed by atoms with Crippen LogP contribution in [0.5, 0.6) is 5.75 Å². The number of nitrogens with one attached hydrogen (secondary N) is 1. The molecule has 1 aromatic carbocycles. The molecule has 1 aliphatic carbocycles. The van der Waals surface area contributed by atoms with Gasteiger partial charge in [0.1, 0.15) is 5.75 Å². The molecule has 0 aliphatic heterocycles. The van der Waals surface area contributed by atoms with Crippen LogP contribution >= 0.6 is 0 Å². The Kier molecular flexibility index (Phi) is 5.71. The van der Waals surface area contributed by atoms with Crippen LogP contribution in [0.2, 0.25) is 0 Å². The number of rotatable bonds is 6. The number of methoxy groups -OCH3 is 1. The molecular weight excluding hydrogens is 234 g/mol. The van der Waals surface area contributed by atoms with Gasteiger partial charge < -0.3 is 10.1 Å². The Morgan fingerprint density at radius 2 is 2.00 bits per heavy atom. The van der Waals surface area contributed by atoms with E-state index in [1.165, 1.54) is 49.8 Å². The zero-order chi connectivity index (χ0) is 13.5. The van der Waals surface area contributed by atoms with E-state index in [-0.39, 0.29) is 0 Å². The van der Waals surface area contributed by atoms with Gasteiger partial charge in [-0.25, -0.2) is 0 Å². The molecule has 106 valence electrons. The number of hydrogen-bond acceptors (Lipinski definition) is 2. The van der Waals surface area contributed by atoms with Gasteiger partial charge in [-0.1, -0.05) is 37.0 Å². The average molecular weight is 261 g/mol. The maximum absolute atomic E-state index is 5.42.